The molecule has 0 spiro atoms. The zero-order valence-corrected chi connectivity index (χ0v) is 14.7. The highest BCUT2D eigenvalue weighted by Crippen LogP contribution is 2.59. The van der Waals surface area contributed by atoms with Crippen molar-refractivity contribution in [3.8, 4) is 11.5 Å². The molecule has 1 atom stereocenters. The summed E-state index contributed by atoms with van der Waals surface area (Å²) in [5, 5.41) is 10.0. The minimum Gasteiger partial charge on any atom is -0.508 e. The lowest BCUT2D eigenvalue weighted by Gasteiger charge is -2.25. The summed E-state index contributed by atoms with van der Waals surface area (Å²) in [5.74, 6) is -0.639. The summed E-state index contributed by atoms with van der Waals surface area (Å²) in [6.07, 6.45) is 0. The topological polar surface area (TPSA) is 91.0 Å². The second-order valence-corrected chi connectivity index (χ2v) is 7.91. The zero-order valence-electron chi connectivity index (χ0n) is 13.8. The summed E-state index contributed by atoms with van der Waals surface area (Å²) in [7, 11) is -3.57. The summed E-state index contributed by atoms with van der Waals surface area (Å²) in [5.41, 5.74) is 5.92. The van der Waals surface area contributed by atoms with Gasteiger partial charge in [-0.3, -0.25) is 4.57 Å². The van der Waals surface area contributed by atoms with Crippen LogP contribution in [0, 0.1) is 0 Å². The minimum atomic E-state index is -3.57. The van der Waals surface area contributed by atoms with E-state index < -0.39 is 19.0 Å². The van der Waals surface area contributed by atoms with E-state index in [9.17, 15) is 9.67 Å². The van der Waals surface area contributed by atoms with Gasteiger partial charge in [-0.15, -0.1) is 0 Å². The van der Waals surface area contributed by atoms with Crippen molar-refractivity contribution in [1.82, 2.24) is 0 Å². The first-order valence-electron chi connectivity index (χ1n) is 7.29. The lowest BCUT2D eigenvalue weighted by Crippen LogP contribution is -2.23. The molecule has 0 aliphatic carbocycles. The molecule has 0 radical (unpaired) electrons. The molecule has 0 aromatic heterocycles. The van der Waals surface area contributed by atoms with Crippen molar-refractivity contribution in [2.75, 3.05) is 13.2 Å². The number of ether oxygens (including phenoxy) is 1. The second kappa shape index (κ2) is 7.47. The molecule has 0 fully saturated rings. The molecular formula is C15H26NO5P. The molecule has 0 saturated carbocycles. The number of hydrogen-bond donors (Lipinski definition) is 2. The number of phenolic OH excluding ortho intramolecular Hbond substituents is 1. The van der Waals surface area contributed by atoms with Gasteiger partial charge in [0.1, 0.15) is 22.9 Å². The normalized spacial score (nSPS) is 13.9. The zero-order chi connectivity index (χ0) is 17.0. The van der Waals surface area contributed by atoms with Crippen molar-refractivity contribution >= 4 is 7.60 Å². The molecule has 1 aromatic rings. The number of benzene rings is 1. The molecular weight excluding hydrogens is 305 g/mol. The number of nitrogens with two attached hydrogens (primary N) is 1. The number of phenols is 1. The number of rotatable bonds is 7. The van der Waals surface area contributed by atoms with Gasteiger partial charge in [-0.25, -0.2) is 0 Å². The van der Waals surface area contributed by atoms with Gasteiger partial charge in [-0.05, 0) is 52.8 Å². The second-order valence-electron chi connectivity index (χ2n) is 5.76. The molecule has 1 aromatic carbocycles. The maximum Gasteiger partial charge on any atom is 0.351 e. The van der Waals surface area contributed by atoms with Crippen molar-refractivity contribution in [1.29, 1.82) is 0 Å². The van der Waals surface area contributed by atoms with E-state index in [1.807, 2.05) is 20.8 Å². The van der Waals surface area contributed by atoms with Gasteiger partial charge in [0.2, 0.25) is 0 Å². The Balaban J connectivity index is 3.17. The van der Waals surface area contributed by atoms with Crippen molar-refractivity contribution in [3.05, 3.63) is 23.8 Å². The highest BCUT2D eigenvalue weighted by atomic mass is 31.2. The summed E-state index contributed by atoms with van der Waals surface area (Å²) in [4.78, 5) is 0. The highest BCUT2D eigenvalue weighted by Gasteiger charge is 2.35. The highest BCUT2D eigenvalue weighted by molar-refractivity contribution is 7.54. The van der Waals surface area contributed by atoms with E-state index in [2.05, 4.69) is 0 Å². The fourth-order valence-corrected chi connectivity index (χ4v) is 3.58. The first-order chi connectivity index (χ1) is 10.1. The van der Waals surface area contributed by atoms with Gasteiger partial charge in [-0.2, -0.15) is 0 Å². The molecule has 0 aliphatic heterocycles. The molecule has 1 rings (SSSR count). The van der Waals surface area contributed by atoms with Gasteiger partial charge in [0.15, 0.2) is 0 Å². The molecule has 0 amide bonds. The molecule has 22 heavy (non-hydrogen) atoms. The van der Waals surface area contributed by atoms with Gasteiger partial charge >= 0.3 is 7.60 Å². The molecule has 126 valence electrons. The van der Waals surface area contributed by atoms with E-state index in [0.717, 1.165) is 0 Å². The van der Waals surface area contributed by atoms with Gasteiger partial charge in [0, 0.05) is 5.56 Å². The molecule has 0 bridgehead atoms. The predicted octanol–water partition coefficient (Wildman–Crippen LogP) is 3.79. The third kappa shape index (κ3) is 4.99. The first kappa shape index (κ1) is 19.0. The number of hydrogen-bond acceptors (Lipinski definition) is 6. The first-order valence-corrected chi connectivity index (χ1v) is 8.90. The average molecular weight is 331 g/mol. The smallest absolute Gasteiger partial charge is 0.351 e. The fourth-order valence-electron chi connectivity index (χ4n) is 1.91. The van der Waals surface area contributed by atoms with Crippen LogP contribution in [-0.4, -0.2) is 23.9 Å². The van der Waals surface area contributed by atoms with Gasteiger partial charge in [0.05, 0.1) is 13.2 Å². The van der Waals surface area contributed by atoms with Crippen molar-refractivity contribution in [2.24, 2.45) is 5.73 Å². The van der Waals surface area contributed by atoms with Crippen LogP contribution in [0.15, 0.2) is 18.2 Å². The molecule has 0 unspecified atom stereocenters. The van der Waals surface area contributed by atoms with Crippen LogP contribution in [0.4, 0.5) is 0 Å². The van der Waals surface area contributed by atoms with E-state index in [4.69, 9.17) is 19.5 Å². The Kier molecular flexibility index (Phi) is 6.44. The Labute approximate surface area is 132 Å². The predicted molar refractivity (Wildman–Crippen MR) is 86.3 cm³/mol. The largest absolute Gasteiger partial charge is 0.508 e. The standard InChI is InChI=1S/C15H26NO5P/c1-6-19-22(18,20-7-2)14(16)12-10-11(8-9-13(12)17)21-15(3,4)5/h8-10,14,17H,6-7,16H2,1-5H3/t14-/m0/s1. The maximum atomic E-state index is 12.7. The molecule has 7 heteroatoms. The van der Waals surface area contributed by atoms with E-state index in [0.29, 0.717) is 5.75 Å². The van der Waals surface area contributed by atoms with Crippen LogP contribution in [0.1, 0.15) is 46.0 Å². The van der Waals surface area contributed by atoms with Crippen molar-refractivity contribution in [2.45, 2.75) is 46.0 Å². The molecule has 3 N–H and O–H groups in total. The summed E-state index contributed by atoms with van der Waals surface area (Å²) >= 11 is 0. The lowest BCUT2D eigenvalue weighted by molar-refractivity contribution is 0.130. The third-order valence-corrected chi connectivity index (χ3v) is 4.90. The van der Waals surface area contributed by atoms with E-state index in [1.54, 1.807) is 26.0 Å². The van der Waals surface area contributed by atoms with Gasteiger partial charge < -0.3 is 24.6 Å². The summed E-state index contributed by atoms with van der Waals surface area (Å²) in [6, 6.07) is 4.65. The van der Waals surface area contributed by atoms with E-state index in [1.165, 1.54) is 6.07 Å². The Morgan fingerprint density at radius 1 is 1.23 bits per heavy atom. The van der Waals surface area contributed by atoms with Crippen LogP contribution >= 0.6 is 7.60 Å². The van der Waals surface area contributed by atoms with E-state index >= 15 is 0 Å². The molecule has 0 aliphatic rings. The summed E-state index contributed by atoms with van der Waals surface area (Å²) in [6.45, 7) is 9.53. The quantitative estimate of drug-likeness (QED) is 0.739. The molecule has 6 nitrogen and oxygen atoms in total. The summed E-state index contributed by atoms with van der Waals surface area (Å²) < 4.78 is 29.0. The van der Waals surface area contributed by atoms with Crippen molar-refractivity contribution in [3.63, 3.8) is 0 Å². The molecule has 0 heterocycles. The Hall–Kier alpha value is -1.07. The van der Waals surface area contributed by atoms with Crippen LogP contribution in [-0.2, 0) is 13.6 Å². The van der Waals surface area contributed by atoms with Gasteiger partial charge in [0.25, 0.3) is 0 Å². The SMILES string of the molecule is CCOP(=O)(OCC)[C@H](N)c1cc(OC(C)(C)C)ccc1O. The Morgan fingerprint density at radius 3 is 2.23 bits per heavy atom. The Morgan fingerprint density at radius 2 is 1.77 bits per heavy atom. The number of aromatic hydroxyl groups is 1. The Bertz CT molecular complexity index is 531. The minimum absolute atomic E-state index is 0.0756. The van der Waals surface area contributed by atoms with Crippen LogP contribution in [0.5, 0.6) is 11.5 Å². The third-order valence-electron chi connectivity index (χ3n) is 2.70. The molecule has 0 saturated heterocycles. The average Bonchev–Trinajstić information content (AvgIpc) is 2.39. The van der Waals surface area contributed by atoms with Crippen LogP contribution in [0.25, 0.3) is 0 Å². The lowest BCUT2D eigenvalue weighted by atomic mass is 10.1. The van der Waals surface area contributed by atoms with Crippen LogP contribution in [0.2, 0.25) is 0 Å². The maximum absolute atomic E-state index is 12.7. The fraction of sp³-hybridized carbons (Fsp3) is 0.600. The monoisotopic (exact) mass is 331 g/mol. The van der Waals surface area contributed by atoms with Crippen LogP contribution in [0.3, 0.4) is 0 Å². The van der Waals surface area contributed by atoms with Gasteiger partial charge in [-0.1, -0.05) is 0 Å². The van der Waals surface area contributed by atoms with Crippen LogP contribution < -0.4 is 10.5 Å². The van der Waals surface area contributed by atoms with E-state index in [-0.39, 0.29) is 24.5 Å². The van der Waals surface area contributed by atoms with Crippen molar-refractivity contribution < 1.29 is 23.5 Å².